The minimum absolute atomic E-state index is 0.325. The Hall–Kier alpha value is -0.0400. The highest BCUT2D eigenvalue weighted by atomic mass is 16.5. The third-order valence-corrected chi connectivity index (χ3v) is 4.41. The van der Waals surface area contributed by atoms with Crippen molar-refractivity contribution in [2.24, 2.45) is 16.7 Å². The van der Waals surface area contributed by atoms with Crippen LogP contribution in [0.15, 0.2) is 0 Å². The normalized spacial score (nSPS) is 31.5. The van der Waals surface area contributed by atoms with Crippen LogP contribution in [0.5, 0.6) is 0 Å². The maximum atomic E-state index is 5.63. The van der Waals surface area contributed by atoms with Crippen molar-refractivity contribution < 1.29 is 4.74 Å². The Morgan fingerprint density at radius 3 is 2.00 bits per heavy atom. The van der Waals surface area contributed by atoms with E-state index in [1.54, 1.807) is 0 Å². The summed E-state index contributed by atoms with van der Waals surface area (Å²) in [5.74, 6) is 0.772. The van der Waals surface area contributed by atoms with E-state index in [-0.39, 0.29) is 0 Å². The summed E-state index contributed by atoms with van der Waals surface area (Å²) in [5, 5.41) is 0. The van der Waals surface area contributed by atoms with Crippen LogP contribution in [0.3, 0.4) is 0 Å². The lowest BCUT2D eigenvalue weighted by Crippen LogP contribution is -2.49. The van der Waals surface area contributed by atoms with Crippen molar-refractivity contribution >= 4 is 0 Å². The van der Waals surface area contributed by atoms with Crippen LogP contribution in [0.4, 0.5) is 0 Å². The maximum absolute atomic E-state index is 5.63. The van der Waals surface area contributed by atoms with Crippen molar-refractivity contribution in [2.45, 2.75) is 73.8 Å². The van der Waals surface area contributed by atoms with Crippen LogP contribution in [0.2, 0.25) is 0 Å². The second kappa shape index (κ2) is 6.05. The van der Waals surface area contributed by atoms with Crippen molar-refractivity contribution in [2.75, 3.05) is 7.11 Å². The monoisotopic (exact) mass is 228 g/mol. The van der Waals surface area contributed by atoms with E-state index in [1.165, 1.54) is 19.3 Å². The fourth-order valence-corrected chi connectivity index (χ4v) is 3.78. The van der Waals surface area contributed by atoms with Gasteiger partial charge in [-0.05, 0) is 29.6 Å². The molecule has 0 aromatic carbocycles. The minimum atomic E-state index is 0.325. The lowest BCUT2D eigenvalue weighted by molar-refractivity contribution is -0.107. The molecule has 1 nitrogen and oxygen atoms in total. The molecule has 0 amide bonds. The third kappa shape index (κ3) is 3.00. The van der Waals surface area contributed by atoms with Gasteiger partial charge in [-0.1, -0.05) is 54.9 Å². The zero-order valence-electron chi connectivity index (χ0n) is 12.7. The van der Waals surface area contributed by atoms with Crippen molar-refractivity contribution in [3.05, 3.63) is 0 Å². The molecule has 0 aliphatic heterocycles. The van der Waals surface area contributed by atoms with Crippen molar-refractivity contribution in [3.8, 4) is 0 Å². The van der Waals surface area contributed by atoms with Crippen molar-refractivity contribution in [1.29, 1.82) is 0 Å². The highest BCUT2D eigenvalue weighted by Crippen LogP contribution is 2.52. The average molecular weight is 228 g/mol. The molecule has 0 N–H and O–H groups in total. The first-order valence-corrected chi connectivity index (χ1v) is 6.89. The first kappa shape index (κ1) is 16.0. The fraction of sp³-hybridized carbons (Fsp3) is 1.00. The Labute approximate surface area is 103 Å². The quantitative estimate of drug-likeness (QED) is 0.653. The van der Waals surface area contributed by atoms with E-state index < -0.39 is 0 Å². The van der Waals surface area contributed by atoms with Gasteiger partial charge in [-0.25, -0.2) is 0 Å². The topological polar surface area (TPSA) is 9.23 Å². The molecule has 1 heteroatoms. The van der Waals surface area contributed by atoms with Crippen LogP contribution >= 0.6 is 0 Å². The van der Waals surface area contributed by atoms with Crippen LogP contribution < -0.4 is 0 Å². The number of ether oxygens (including phenoxy) is 1. The predicted molar refractivity (Wildman–Crippen MR) is 72.7 cm³/mol. The number of methoxy groups -OCH3 is 1. The summed E-state index contributed by atoms with van der Waals surface area (Å²) in [6.07, 6.45) is 4.22. The Morgan fingerprint density at radius 1 is 1.12 bits per heavy atom. The largest absolute Gasteiger partial charge is 0.381 e. The zero-order chi connectivity index (χ0) is 13.0. The van der Waals surface area contributed by atoms with E-state index in [4.69, 9.17) is 4.74 Å². The first-order valence-electron chi connectivity index (χ1n) is 6.89. The number of hydrogen-bond acceptors (Lipinski definition) is 1. The second-order valence-electron chi connectivity index (χ2n) is 6.03. The molecule has 1 saturated carbocycles. The summed E-state index contributed by atoms with van der Waals surface area (Å²) in [6.45, 7) is 15.9. The summed E-state index contributed by atoms with van der Waals surface area (Å²) in [4.78, 5) is 0. The Balaban J connectivity index is 0.00000106. The minimum Gasteiger partial charge on any atom is -0.381 e. The molecule has 1 aliphatic rings. The van der Waals surface area contributed by atoms with E-state index in [2.05, 4.69) is 34.6 Å². The van der Waals surface area contributed by atoms with E-state index in [0.29, 0.717) is 16.9 Å². The summed E-state index contributed by atoms with van der Waals surface area (Å²) < 4.78 is 5.63. The molecule has 0 aromatic heterocycles. The first-order chi connectivity index (χ1) is 7.36. The van der Waals surface area contributed by atoms with Crippen LogP contribution in [-0.4, -0.2) is 13.2 Å². The molecule has 16 heavy (non-hydrogen) atoms. The third-order valence-electron chi connectivity index (χ3n) is 4.41. The summed E-state index contributed by atoms with van der Waals surface area (Å²) in [7, 11) is 1.86. The molecule has 98 valence electrons. The fourth-order valence-electron chi connectivity index (χ4n) is 3.78. The molecule has 0 heterocycles. The van der Waals surface area contributed by atoms with Gasteiger partial charge < -0.3 is 4.74 Å². The Kier molecular flexibility index (Phi) is 6.03. The van der Waals surface area contributed by atoms with Gasteiger partial charge in [0.2, 0.25) is 0 Å². The number of rotatable bonds is 2. The molecule has 0 bridgehead atoms. The van der Waals surface area contributed by atoms with Gasteiger partial charge in [0.15, 0.2) is 0 Å². The average Bonchev–Trinajstić information content (AvgIpc) is 2.19. The van der Waals surface area contributed by atoms with Crippen molar-refractivity contribution in [1.82, 2.24) is 0 Å². The van der Waals surface area contributed by atoms with Gasteiger partial charge in [-0.3, -0.25) is 0 Å². The molecule has 0 radical (unpaired) electrons. The zero-order valence-corrected chi connectivity index (χ0v) is 12.7. The Bertz CT molecular complexity index is 194. The van der Waals surface area contributed by atoms with Crippen LogP contribution in [0, 0.1) is 16.7 Å². The standard InChI is InChI=1S/C13H26O.C2H6/c1-7-10-12(2,3)9-8-11(14-6)13(10,4)5;1-2/h10-11H,7-9H2,1-6H3;1-2H3. The lowest BCUT2D eigenvalue weighted by atomic mass is 9.55. The molecule has 2 atom stereocenters. The SMILES string of the molecule is CC.CCC1C(C)(C)CCC(OC)C1(C)C. The smallest absolute Gasteiger partial charge is 0.0625 e. The summed E-state index contributed by atoms with van der Waals surface area (Å²) >= 11 is 0. The van der Waals surface area contributed by atoms with Gasteiger partial charge in [0.25, 0.3) is 0 Å². The molecular weight excluding hydrogens is 196 g/mol. The summed E-state index contributed by atoms with van der Waals surface area (Å²) in [6, 6.07) is 0. The van der Waals surface area contributed by atoms with Gasteiger partial charge in [0, 0.05) is 7.11 Å². The maximum Gasteiger partial charge on any atom is 0.0625 e. The van der Waals surface area contributed by atoms with E-state index in [9.17, 15) is 0 Å². The molecule has 2 unspecified atom stereocenters. The molecule has 1 fully saturated rings. The van der Waals surface area contributed by atoms with Gasteiger partial charge in [-0.15, -0.1) is 0 Å². The van der Waals surface area contributed by atoms with Crippen LogP contribution in [0.25, 0.3) is 0 Å². The predicted octanol–water partition coefficient (Wildman–Crippen LogP) is 4.90. The van der Waals surface area contributed by atoms with Crippen LogP contribution in [0.1, 0.15) is 67.7 Å². The van der Waals surface area contributed by atoms with Gasteiger partial charge in [-0.2, -0.15) is 0 Å². The van der Waals surface area contributed by atoms with Crippen LogP contribution in [-0.2, 0) is 4.74 Å². The molecule has 0 aromatic rings. The van der Waals surface area contributed by atoms with Gasteiger partial charge >= 0.3 is 0 Å². The summed E-state index contributed by atoms with van der Waals surface area (Å²) in [5.41, 5.74) is 0.804. The molecule has 1 aliphatic carbocycles. The molecule has 0 saturated heterocycles. The van der Waals surface area contributed by atoms with Crippen molar-refractivity contribution in [3.63, 3.8) is 0 Å². The van der Waals surface area contributed by atoms with E-state index in [0.717, 1.165) is 5.92 Å². The van der Waals surface area contributed by atoms with E-state index >= 15 is 0 Å². The number of hydrogen-bond donors (Lipinski definition) is 0. The van der Waals surface area contributed by atoms with E-state index in [1.807, 2.05) is 21.0 Å². The molecular formula is C15H32O. The highest BCUT2D eigenvalue weighted by molar-refractivity contribution is 4.97. The Morgan fingerprint density at radius 2 is 1.62 bits per heavy atom. The lowest BCUT2D eigenvalue weighted by Gasteiger charge is -2.52. The van der Waals surface area contributed by atoms with Gasteiger partial charge in [0.05, 0.1) is 6.10 Å². The van der Waals surface area contributed by atoms with Gasteiger partial charge in [0.1, 0.15) is 0 Å². The molecule has 0 spiro atoms. The molecule has 1 rings (SSSR count). The highest BCUT2D eigenvalue weighted by Gasteiger charge is 2.48. The second-order valence-corrected chi connectivity index (χ2v) is 6.03.